The minimum Gasteiger partial charge on any atom is -0.492 e. The zero-order valence-electron chi connectivity index (χ0n) is 25.4. The summed E-state index contributed by atoms with van der Waals surface area (Å²) in [6.45, 7) is 4.94. The molecule has 0 atom stereocenters. The lowest BCUT2D eigenvalue weighted by atomic mass is 10.0. The first-order valence-corrected chi connectivity index (χ1v) is 15.2. The van der Waals surface area contributed by atoms with Gasteiger partial charge >= 0.3 is 0 Å². The largest absolute Gasteiger partial charge is 0.492 e. The van der Waals surface area contributed by atoms with Gasteiger partial charge in [0.25, 0.3) is 0 Å². The van der Waals surface area contributed by atoms with Gasteiger partial charge in [0, 0.05) is 59.6 Å². The van der Waals surface area contributed by atoms with E-state index < -0.39 is 0 Å². The molecule has 1 aliphatic rings. The van der Waals surface area contributed by atoms with Gasteiger partial charge in [-0.1, -0.05) is 0 Å². The average molecular weight is 607 g/mol. The van der Waals surface area contributed by atoms with E-state index in [1.54, 1.807) is 24.8 Å². The fourth-order valence-corrected chi connectivity index (χ4v) is 5.78. The smallest absolute Gasteiger partial charge is 0.181 e. The lowest BCUT2D eigenvalue weighted by Gasteiger charge is -2.15. The second kappa shape index (κ2) is 12.6. The summed E-state index contributed by atoms with van der Waals surface area (Å²) in [6, 6.07) is 12.8. The van der Waals surface area contributed by atoms with Gasteiger partial charge in [0.05, 0.1) is 17.6 Å². The third-order valence-corrected chi connectivity index (χ3v) is 8.12. The second-order valence-corrected chi connectivity index (χ2v) is 11.6. The van der Waals surface area contributed by atoms with Gasteiger partial charge in [0.15, 0.2) is 5.65 Å². The van der Waals surface area contributed by atoms with Crippen LogP contribution in [-0.2, 0) is 0 Å². The highest BCUT2D eigenvalue weighted by molar-refractivity contribution is 5.99. The number of aromatic nitrogens is 6. The number of rotatable bonds is 11. The second-order valence-electron chi connectivity index (χ2n) is 11.6. The molecular formula is C34H35FN8O2. The minimum absolute atomic E-state index is 0.343. The van der Waals surface area contributed by atoms with Crippen molar-refractivity contribution < 1.29 is 13.9 Å². The van der Waals surface area contributed by atoms with E-state index in [1.807, 2.05) is 44.4 Å². The molecule has 6 heterocycles. The summed E-state index contributed by atoms with van der Waals surface area (Å²) in [5, 5.41) is 9.29. The molecule has 11 heteroatoms. The van der Waals surface area contributed by atoms with Crippen molar-refractivity contribution in [3.05, 3.63) is 73.1 Å². The van der Waals surface area contributed by atoms with Gasteiger partial charge in [0.1, 0.15) is 36.2 Å². The normalized spacial score (nSPS) is 13.8. The van der Waals surface area contributed by atoms with Crippen LogP contribution in [-0.4, -0.2) is 93.4 Å². The summed E-state index contributed by atoms with van der Waals surface area (Å²) in [6.07, 6.45) is 9.47. The third kappa shape index (κ3) is 6.36. The first-order chi connectivity index (χ1) is 22.0. The Balaban J connectivity index is 1.18. The summed E-state index contributed by atoms with van der Waals surface area (Å²) >= 11 is 0. The van der Waals surface area contributed by atoms with Crippen LogP contribution in [0.2, 0.25) is 0 Å². The number of pyridine rings is 3. The van der Waals surface area contributed by atoms with E-state index in [-0.39, 0.29) is 5.82 Å². The van der Waals surface area contributed by atoms with Crippen LogP contribution in [0, 0.1) is 5.82 Å². The number of H-pyrrole nitrogens is 2. The molecule has 0 saturated carbocycles. The number of ether oxygens (including phenoxy) is 2. The van der Waals surface area contributed by atoms with Gasteiger partial charge in [-0.3, -0.25) is 15.0 Å². The highest BCUT2D eigenvalue weighted by Gasteiger charge is 2.17. The molecule has 0 bridgehead atoms. The van der Waals surface area contributed by atoms with Crippen molar-refractivity contribution in [3.63, 3.8) is 0 Å². The van der Waals surface area contributed by atoms with Gasteiger partial charge in [0.2, 0.25) is 0 Å². The number of halogens is 1. The number of fused-ring (bicyclic) bond motifs is 2. The molecule has 1 aliphatic heterocycles. The van der Waals surface area contributed by atoms with Crippen molar-refractivity contribution >= 4 is 22.1 Å². The van der Waals surface area contributed by atoms with E-state index in [2.05, 4.69) is 39.9 Å². The summed E-state index contributed by atoms with van der Waals surface area (Å²) < 4.78 is 26.7. The molecule has 5 aromatic heterocycles. The van der Waals surface area contributed by atoms with Crippen molar-refractivity contribution in [1.29, 1.82) is 0 Å². The Labute approximate surface area is 260 Å². The molecular weight excluding hydrogens is 571 g/mol. The first kappa shape index (κ1) is 28.9. The van der Waals surface area contributed by atoms with Crippen molar-refractivity contribution in [2.45, 2.75) is 12.8 Å². The monoisotopic (exact) mass is 606 g/mol. The Morgan fingerprint density at radius 3 is 2.56 bits per heavy atom. The van der Waals surface area contributed by atoms with E-state index in [0.717, 1.165) is 70.6 Å². The van der Waals surface area contributed by atoms with Gasteiger partial charge in [-0.2, -0.15) is 5.10 Å². The quantitative estimate of drug-likeness (QED) is 0.191. The number of hydrogen-bond donors (Lipinski definition) is 2. The van der Waals surface area contributed by atoms with Gasteiger partial charge in [-0.25, -0.2) is 14.4 Å². The Morgan fingerprint density at radius 1 is 0.867 bits per heavy atom. The Bertz CT molecular complexity index is 1950. The predicted molar refractivity (Wildman–Crippen MR) is 173 cm³/mol. The van der Waals surface area contributed by atoms with E-state index >= 15 is 0 Å². The van der Waals surface area contributed by atoms with Gasteiger partial charge in [-0.05, 0) is 87.6 Å². The summed E-state index contributed by atoms with van der Waals surface area (Å²) in [5.74, 6) is 0.877. The molecule has 2 N–H and O–H groups in total. The highest BCUT2D eigenvalue weighted by Crippen LogP contribution is 2.35. The zero-order valence-corrected chi connectivity index (χ0v) is 25.4. The number of nitrogens with zero attached hydrogens (tertiary/aromatic N) is 6. The molecule has 45 heavy (non-hydrogen) atoms. The minimum atomic E-state index is -0.343. The number of aromatic amines is 2. The van der Waals surface area contributed by atoms with Crippen LogP contribution in [0.15, 0.2) is 67.3 Å². The molecule has 6 aromatic rings. The molecule has 0 aliphatic carbocycles. The van der Waals surface area contributed by atoms with Crippen molar-refractivity contribution in [3.8, 4) is 45.1 Å². The molecule has 1 saturated heterocycles. The molecule has 7 rings (SSSR count). The summed E-state index contributed by atoms with van der Waals surface area (Å²) in [5.41, 5.74) is 6.21. The molecule has 0 unspecified atom stereocenters. The topological polar surface area (TPSA) is 108 Å². The maximum absolute atomic E-state index is 14.8. The predicted octanol–water partition coefficient (Wildman–Crippen LogP) is 5.78. The van der Waals surface area contributed by atoms with E-state index in [1.165, 1.54) is 25.0 Å². The first-order valence-electron chi connectivity index (χ1n) is 15.2. The third-order valence-electron chi connectivity index (χ3n) is 8.12. The number of nitrogens with one attached hydrogen (secondary N) is 2. The fourth-order valence-electron chi connectivity index (χ4n) is 5.78. The standard InChI is InChI=1S/C34H35FN8O2/c1-42(2)9-11-45-27-15-23(19-36-21-27)24-16-30-32(40-41-34(30)38-20-24)31-18-29-28(5-6-37-33(29)39-31)22-13-25(35)17-26(14-22)44-12-10-43-7-3-4-8-43/h5-6,13-21H,3-4,7-12H2,1-2H3,(H,37,39)(H,38,40,41). The van der Waals surface area contributed by atoms with Crippen LogP contribution in [0.3, 0.4) is 0 Å². The number of likely N-dealkylation sites (N-methyl/N-ethyl adjacent to an activating group) is 1. The molecule has 1 aromatic carbocycles. The maximum atomic E-state index is 14.8. The zero-order chi connectivity index (χ0) is 30.8. The molecule has 0 amide bonds. The summed E-state index contributed by atoms with van der Waals surface area (Å²) in [4.78, 5) is 21.4. The fraction of sp³-hybridized carbons (Fsp3) is 0.294. The lowest BCUT2D eigenvalue weighted by Crippen LogP contribution is -2.25. The van der Waals surface area contributed by atoms with Crippen molar-refractivity contribution in [2.24, 2.45) is 0 Å². The van der Waals surface area contributed by atoms with E-state index in [4.69, 9.17) is 9.47 Å². The Kier molecular flexibility index (Phi) is 8.10. The van der Waals surface area contributed by atoms with Crippen molar-refractivity contribution in [2.75, 3.05) is 53.5 Å². The van der Waals surface area contributed by atoms with Crippen LogP contribution >= 0.6 is 0 Å². The van der Waals surface area contributed by atoms with E-state index in [9.17, 15) is 4.39 Å². The highest BCUT2D eigenvalue weighted by atomic mass is 19.1. The van der Waals surface area contributed by atoms with Crippen LogP contribution in [0.4, 0.5) is 4.39 Å². The van der Waals surface area contributed by atoms with Crippen LogP contribution in [0.25, 0.3) is 55.7 Å². The molecule has 10 nitrogen and oxygen atoms in total. The Morgan fingerprint density at radius 2 is 1.69 bits per heavy atom. The van der Waals surface area contributed by atoms with Gasteiger partial charge in [-0.15, -0.1) is 0 Å². The molecule has 1 fully saturated rings. The molecule has 0 spiro atoms. The number of likely N-dealkylation sites (tertiary alicyclic amines) is 1. The molecule has 0 radical (unpaired) electrons. The number of benzene rings is 1. The molecule has 230 valence electrons. The van der Waals surface area contributed by atoms with E-state index in [0.29, 0.717) is 36.0 Å². The van der Waals surface area contributed by atoms with Crippen LogP contribution in [0.5, 0.6) is 11.5 Å². The average Bonchev–Trinajstić information content (AvgIpc) is 3.80. The van der Waals surface area contributed by atoms with Crippen LogP contribution in [0.1, 0.15) is 12.8 Å². The lowest BCUT2D eigenvalue weighted by molar-refractivity contribution is 0.237. The Hall–Kier alpha value is -4.87. The van der Waals surface area contributed by atoms with Gasteiger partial charge < -0.3 is 19.4 Å². The number of hydrogen-bond acceptors (Lipinski definition) is 8. The van der Waals surface area contributed by atoms with Crippen LogP contribution < -0.4 is 9.47 Å². The SMILES string of the molecule is CN(C)CCOc1cncc(-c2cnc3n[nH]c(-c4cc5c(-c6cc(F)cc(OCCN7CCCC7)c6)ccnc5[nH]4)c3c2)c1. The summed E-state index contributed by atoms with van der Waals surface area (Å²) in [7, 11) is 4.02. The maximum Gasteiger partial charge on any atom is 0.181 e. The van der Waals surface area contributed by atoms with Crippen molar-refractivity contribution in [1.82, 2.24) is 39.9 Å².